The maximum Gasteiger partial charge on any atom is 0.324 e. The van der Waals surface area contributed by atoms with E-state index in [1.807, 2.05) is 18.9 Å². The number of hydrogen-bond acceptors (Lipinski definition) is 5. The van der Waals surface area contributed by atoms with Gasteiger partial charge in [0.1, 0.15) is 15.4 Å². The summed E-state index contributed by atoms with van der Waals surface area (Å²) in [5.74, 6) is -0.507. The summed E-state index contributed by atoms with van der Waals surface area (Å²) < 4.78 is 22.3. The average Bonchev–Trinajstić information content (AvgIpc) is 2.78. The highest BCUT2D eigenvalue weighted by Gasteiger charge is 2.48. The normalized spacial score (nSPS) is 26.4. The molecule has 2 unspecified atom stereocenters. The van der Waals surface area contributed by atoms with E-state index in [2.05, 4.69) is 5.32 Å². The molecule has 1 rings (SSSR count). The van der Waals surface area contributed by atoms with Gasteiger partial charge in [-0.15, -0.1) is 0 Å². The lowest BCUT2D eigenvalue weighted by molar-refractivity contribution is -0.146. The highest BCUT2D eigenvalue weighted by Crippen LogP contribution is 2.38. The SMILES string of the molecule is CCNC1(C(=O)O)CCCC1CCN(C)CCS(C)(=O)=O. The van der Waals surface area contributed by atoms with E-state index in [0.717, 1.165) is 25.8 Å². The Morgan fingerprint density at radius 3 is 2.62 bits per heavy atom. The maximum absolute atomic E-state index is 11.7. The van der Waals surface area contributed by atoms with E-state index in [1.54, 1.807) is 0 Å². The minimum atomic E-state index is -2.95. The number of aliphatic carboxylic acids is 1. The van der Waals surface area contributed by atoms with Gasteiger partial charge in [0, 0.05) is 12.8 Å². The molecule has 1 saturated carbocycles. The molecule has 2 atom stereocenters. The molecule has 0 aliphatic heterocycles. The van der Waals surface area contributed by atoms with Gasteiger partial charge in [0.2, 0.25) is 0 Å². The molecule has 0 radical (unpaired) electrons. The number of hydrogen-bond donors (Lipinski definition) is 2. The van der Waals surface area contributed by atoms with Gasteiger partial charge in [0.05, 0.1) is 5.75 Å². The van der Waals surface area contributed by atoms with Gasteiger partial charge in [-0.25, -0.2) is 8.42 Å². The molecule has 1 fully saturated rings. The summed E-state index contributed by atoms with van der Waals surface area (Å²) in [6.45, 7) is 3.79. The quantitative estimate of drug-likeness (QED) is 0.646. The van der Waals surface area contributed by atoms with Crippen LogP contribution in [0.4, 0.5) is 0 Å². The molecule has 0 aromatic rings. The van der Waals surface area contributed by atoms with Crippen LogP contribution < -0.4 is 5.32 Å². The number of carbonyl (C=O) groups is 1. The van der Waals surface area contributed by atoms with Gasteiger partial charge >= 0.3 is 5.97 Å². The van der Waals surface area contributed by atoms with Crippen LogP contribution in [0.2, 0.25) is 0 Å². The zero-order valence-electron chi connectivity index (χ0n) is 13.3. The van der Waals surface area contributed by atoms with Gasteiger partial charge in [0.15, 0.2) is 0 Å². The van der Waals surface area contributed by atoms with Crippen LogP contribution in [0.5, 0.6) is 0 Å². The van der Waals surface area contributed by atoms with E-state index >= 15 is 0 Å². The molecule has 0 bridgehead atoms. The lowest BCUT2D eigenvalue weighted by atomic mass is 9.84. The molecule has 124 valence electrons. The van der Waals surface area contributed by atoms with Gasteiger partial charge in [-0.3, -0.25) is 4.79 Å². The summed E-state index contributed by atoms with van der Waals surface area (Å²) in [7, 11) is -1.06. The summed E-state index contributed by atoms with van der Waals surface area (Å²) in [5, 5.41) is 12.8. The topological polar surface area (TPSA) is 86.7 Å². The highest BCUT2D eigenvalue weighted by atomic mass is 32.2. The Balaban J connectivity index is 2.54. The number of carboxylic acids is 1. The van der Waals surface area contributed by atoms with Gasteiger partial charge in [-0.2, -0.15) is 0 Å². The van der Waals surface area contributed by atoms with Crippen molar-refractivity contribution in [2.24, 2.45) is 5.92 Å². The van der Waals surface area contributed by atoms with Crippen LogP contribution in [0.25, 0.3) is 0 Å². The molecule has 2 N–H and O–H groups in total. The molecule has 0 aromatic carbocycles. The Morgan fingerprint density at radius 2 is 2.10 bits per heavy atom. The molecule has 0 amide bonds. The smallest absolute Gasteiger partial charge is 0.324 e. The molecule has 0 saturated heterocycles. The predicted octanol–water partition coefficient (Wildman–Crippen LogP) is 0.586. The van der Waals surface area contributed by atoms with Gasteiger partial charge in [0.25, 0.3) is 0 Å². The van der Waals surface area contributed by atoms with E-state index < -0.39 is 21.3 Å². The Morgan fingerprint density at radius 1 is 1.43 bits per heavy atom. The van der Waals surface area contributed by atoms with Crippen molar-refractivity contribution >= 4 is 15.8 Å². The van der Waals surface area contributed by atoms with Crippen LogP contribution in [0, 0.1) is 5.92 Å². The third-order valence-corrected chi connectivity index (χ3v) is 5.32. The molecule has 1 aliphatic rings. The number of likely N-dealkylation sites (N-methyl/N-ethyl adjacent to an activating group) is 1. The molecule has 6 nitrogen and oxygen atoms in total. The fourth-order valence-corrected chi connectivity index (χ4v) is 3.83. The van der Waals surface area contributed by atoms with Crippen molar-refractivity contribution in [3.63, 3.8) is 0 Å². The fraction of sp³-hybridized carbons (Fsp3) is 0.929. The van der Waals surface area contributed by atoms with Crippen molar-refractivity contribution in [2.75, 3.05) is 38.7 Å². The van der Waals surface area contributed by atoms with Crippen molar-refractivity contribution in [3.8, 4) is 0 Å². The van der Waals surface area contributed by atoms with Crippen LogP contribution >= 0.6 is 0 Å². The van der Waals surface area contributed by atoms with Crippen molar-refractivity contribution in [3.05, 3.63) is 0 Å². The van der Waals surface area contributed by atoms with Crippen LogP contribution in [-0.2, 0) is 14.6 Å². The van der Waals surface area contributed by atoms with E-state index in [-0.39, 0.29) is 11.7 Å². The summed E-state index contributed by atoms with van der Waals surface area (Å²) >= 11 is 0. The third-order valence-electron chi connectivity index (χ3n) is 4.40. The minimum absolute atomic E-state index is 0.107. The number of carboxylic acid groups (broad SMARTS) is 1. The molecular weight excluding hydrogens is 292 g/mol. The standard InChI is InChI=1S/C14H28N2O4S/c1-4-15-14(13(17)18)8-5-6-12(14)7-9-16(2)10-11-21(3,19)20/h12,15H,4-11H2,1-3H3,(H,17,18). The molecule has 0 heterocycles. The lowest BCUT2D eigenvalue weighted by Crippen LogP contribution is -2.55. The van der Waals surface area contributed by atoms with Crippen LogP contribution in [0.15, 0.2) is 0 Å². The van der Waals surface area contributed by atoms with E-state index in [9.17, 15) is 18.3 Å². The summed E-state index contributed by atoms with van der Waals surface area (Å²) in [6.07, 6.45) is 4.53. The average molecular weight is 320 g/mol. The van der Waals surface area contributed by atoms with E-state index in [0.29, 0.717) is 19.5 Å². The van der Waals surface area contributed by atoms with Crippen molar-refractivity contribution in [1.29, 1.82) is 0 Å². The third kappa shape index (κ3) is 5.23. The van der Waals surface area contributed by atoms with E-state index in [1.165, 1.54) is 6.26 Å². The van der Waals surface area contributed by atoms with Crippen molar-refractivity contribution < 1.29 is 18.3 Å². The number of sulfone groups is 1. The molecule has 1 aliphatic carbocycles. The lowest BCUT2D eigenvalue weighted by Gasteiger charge is -2.33. The van der Waals surface area contributed by atoms with Crippen molar-refractivity contribution in [2.45, 2.75) is 38.1 Å². The van der Waals surface area contributed by atoms with Crippen LogP contribution in [0.3, 0.4) is 0 Å². The zero-order chi connectivity index (χ0) is 16.1. The van der Waals surface area contributed by atoms with Gasteiger partial charge in [-0.05, 0) is 45.3 Å². The first-order valence-electron chi connectivity index (χ1n) is 7.56. The first-order valence-corrected chi connectivity index (χ1v) is 9.62. The summed E-state index contributed by atoms with van der Waals surface area (Å²) in [6, 6.07) is 0. The number of nitrogens with zero attached hydrogens (tertiary/aromatic N) is 1. The first-order chi connectivity index (χ1) is 9.71. The Kier molecular flexibility index (Phi) is 6.62. The number of nitrogens with one attached hydrogen (secondary N) is 1. The molecule has 0 aromatic heterocycles. The van der Waals surface area contributed by atoms with Crippen molar-refractivity contribution in [1.82, 2.24) is 10.2 Å². The molecule has 21 heavy (non-hydrogen) atoms. The fourth-order valence-electron chi connectivity index (χ4n) is 3.18. The summed E-state index contributed by atoms with van der Waals surface area (Å²) in [4.78, 5) is 13.6. The van der Waals surface area contributed by atoms with E-state index in [4.69, 9.17) is 0 Å². The number of rotatable bonds is 9. The molecular formula is C14H28N2O4S. The Bertz CT molecular complexity index is 452. The zero-order valence-corrected chi connectivity index (χ0v) is 14.1. The van der Waals surface area contributed by atoms with Gasteiger partial charge in [-0.1, -0.05) is 13.3 Å². The monoisotopic (exact) mass is 320 g/mol. The Labute approximate surface area is 127 Å². The minimum Gasteiger partial charge on any atom is -0.480 e. The molecule has 7 heteroatoms. The largest absolute Gasteiger partial charge is 0.480 e. The second-order valence-corrected chi connectivity index (χ2v) is 8.38. The first kappa shape index (κ1) is 18.4. The maximum atomic E-state index is 11.7. The van der Waals surface area contributed by atoms with Gasteiger partial charge < -0.3 is 15.3 Å². The second-order valence-electron chi connectivity index (χ2n) is 6.12. The Hall–Kier alpha value is -0.660. The van der Waals surface area contributed by atoms with Crippen LogP contribution in [-0.4, -0.2) is 68.6 Å². The van der Waals surface area contributed by atoms with Crippen LogP contribution in [0.1, 0.15) is 32.6 Å². The summed E-state index contributed by atoms with van der Waals surface area (Å²) in [5.41, 5.74) is -0.799. The highest BCUT2D eigenvalue weighted by molar-refractivity contribution is 7.90. The molecule has 0 spiro atoms. The predicted molar refractivity (Wildman–Crippen MR) is 83.2 cm³/mol. The second kappa shape index (κ2) is 7.56.